The molecule has 0 aliphatic heterocycles. The second-order valence-electron chi connectivity index (χ2n) is 4.70. The molecule has 0 radical (unpaired) electrons. The highest BCUT2D eigenvalue weighted by molar-refractivity contribution is 4.97. The van der Waals surface area contributed by atoms with Gasteiger partial charge in [0.05, 0.1) is 12.2 Å². The van der Waals surface area contributed by atoms with Crippen LogP contribution in [0.3, 0.4) is 0 Å². The lowest BCUT2D eigenvalue weighted by molar-refractivity contribution is 0.360. The van der Waals surface area contributed by atoms with Gasteiger partial charge in [-0.1, -0.05) is 6.92 Å². The first-order chi connectivity index (χ1) is 7.44. The molecule has 90 valence electrons. The Kier molecular flexibility index (Phi) is 4.24. The number of rotatable bonds is 5. The van der Waals surface area contributed by atoms with Crippen molar-refractivity contribution in [3.05, 3.63) is 28.2 Å². The maximum Gasteiger partial charge on any atom is 0.266 e. The van der Waals surface area contributed by atoms with Gasteiger partial charge in [0.2, 0.25) is 0 Å². The van der Waals surface area contributed by atoms with Gasteiger partial charge < -0.3 is 5.32 Å². The molecule has 4 heteroatoms. The zero-order valence-corrected chi connectivity index (χ0v) is 10.6. The average molecular weight is 223 g/mol. The summed E-state index contributed by atoms with van der Waals surface area (Å²) >= 11 is 0. The molecule has 0 spiro atoms. The maximum absolute atomic E-state index is 11.5. The number of aryl methyl sites for hydroxylation is 1. The Morgan fingerprint density at radius 3 is 2.75 bits per heavy atom. The molecule has 0 atom stereocenters. The van der Waals surface area contributed by atoms with Crippen LogP contribution >= 0.6 is 0 Å². The second-order valence-corrected chi connectivity index (χ2v) is 4.70. The smallest absolute Gasteiger partial charge is 0.266 e. The Hall–Kier alpha value is -1.16. The van der Waals surface area contributed by atoms with Crippen LogP contribution in [-0.2, 0) is 6.54 Å². The van der Waals surface area contributed by atoms with Crippen molar-refractivity contribution < 1.29 is 0 Å². The van der Waals surface area contributed by atoms with Gasteiger partial charge in [-0.3, -0.25) is 4.79 Å². The fourth-order valence-corrected chi connectivity index (χ4v) is 1.34. The van der Waals surface area contributed by atoms with E-state index in [0.29, 0.717) is 6.54 Å². The normalized spacial score (nSPS) is 11.8. The predicted molar refractivity (Wildman–Crippen MR) is 65.6 cm³/mol. The van der Waals surface area contributed by atoms with E-state index in [4.69, 9.17) is 0 Å². The number of aromatic nitrogens is 2. The van der Waals surface area contributed by atoms with Crippen LogP contribution in [0.1, 0.15) is 32.9 Å². The molecule has 1 rings (SSSR count). The SMILES string of the molecule is CCC(C)(C)NCCn1nc(C)ccc1=O. The van der Waals surface area contributed by atoms with Gasteiger partial charge in [0.1, 0.15) is 0 Å². The van der Waals surface area contributed by atoms with Crippen LogP contribution in [0.5, 0.6) is 0 Å². The molecule has 0 aromatic carbocycles. The van der Waals surface area contributed by atoms with E-state index in [-0.39, 0.29) is 11.1 Å². The van der Waals surface area contributed by atoms with E-state index >= 15 is 0 Å². The van der Waals surface area contributed by atoms with Crippen LogP contribution in [0.2, 0.25) is 0 Å². The molecule has 0 aliphatic rings. The summed E-state index contributed by atoms with van der Waals surface area (Å²) in [4.78, 5) is 11.5. The number of nitrogens with one attached hydrogen (secondary N) is 1. The maximum atomic E-state index is 11.5. The minimum Gasteiger partial charge on any atom is -0.310 e. The fraction of sp³-hybridized carbons (Fsp3) is 0.667. The highest BCUT2D eigenvalue weighted by atomic mass is 16.1. The summed E-state index contributed by atoms with van der Waals surface area (Å²) in [6.45, 7) is 9.71. The molecule has 1 aromatic heterocycles. The summed E-state index contributed by atoms with van der Waals surface area (Å²) in [5.41, 5.74) is 0.948. The summed E-state index contributed by atoms with van der Waals surface area (Å²) in [6.07, 6.45) is 1.06. The molecular weight excluding hydrogens is 202 g/mol. The van der Waals surface area contributed by atoms with Crippen LogP contribution in [0.25, 0.3) is 0 Å². The molecule has 16 heavy (non-hydrogen) atoms. The molecular formula is C12H21N3O. The Morgan fingerprint density at radius 1 is 1.44 bits per heavy atom. The van der Waals surface area contributed by atoms with Crippen LogP contribution in [0.4, 0.5) is 0 Å². The van der Waals surface area contributed by atoms with Gasteiger partial charge in [-0.15, -0.1) is 0 Å². The summed E-state index contributed by atoms with van der Waals surface area (Å²) in [5.74, 6) is 0. The van der Waals surface area contributed by atoms with Gasteiger partial charge in [0.25, 0.3) is 5.56 Å². The van der Waals surface area contributed by atoms with E-state index in [9.17, 15) is 4.79 Å². The van der Waals surface area contributed by atoms with Gasteiger partial charge in [-0.25, -0.2) is 4.68 Å². The zero-order chi connectivity index (χ0) is 12.2. The van der Waals surface area contributed by atoms with Crippen molar-refractivity contribution in [3.8, 4) is 0 Å². The predicted octanol–water partition coefficient (Wildman–Crippen LogP) is 1.33. The Bertz CT molecular complexity index is 395. The van der Waals surface area contributed by atoms with Gasteiger partial charge in [0, 0.05) is 18.2 Å². The van der Waals surface area contributed by atoms with Crippen LogP contribution < -0.4 is 10.9 Å². The van der Waals surface area contributed by atoms with Crippen molar-refractivity contribution in [2.75, 3.05) is 6.54 Å². The highest BCUT2D eigenvalue weighted by Gasteiger charge is 2.12. The first-order valence-electron chi connectivity index (χ1n) is 5.74. The topological polar surface area (TPSA) is 46.9 Å². The Labute approximate surface area is 96.7 Å². The van der Waals surface area contributed by atoms with E-state index in [1.165, 1.54) is 4.68 Å². The molecule has 0 fully saturated rings. The third kappa shape index (κ3) is 3.77. The Morgan fingerprint density at radius 2 is 2.12 bits per heavy atom. The minimum absolute atomic E-state index is 0.0401. The first-order valence-corrected chi connectivity index (χ1v) is 5.74. The Balaban J connectivity index is 2.55. The standard InChI is InChI=1S/C12H21N3O/c1-5-12(3,4)13-8-9-15-11(16)7-6-10(2)14-15/h6-7,13H,5,8-9H2,1-4H3. The first kappa shape index (κ1) is 12.9. The molecule has 0 unspecified atom stereocenters. The van der Waals surface area contributed by atoms with E-state index in [0.717, 1.165) is 18.7 Å². The van der Waals surface area contributed by atoms with Crippen LogP contribution in [0.15, 0.2) is 16.9 Å². The van der Waals surface area contributed by atoms with Crippen molar-refractivity contribution in [2.24, 2.45) is 0 Å². The van der Waals surface area contributed by atoms with Crippen molar-refractivity contribution in [3.63, 3.8) is 0 Å². The van der Waals surface area contributed by atoms with Gasteiger partial charge in [-0.05, 0) is 33.3 Å². The lowest BCUT2D eigenvalue weighted by Crippen LogP contribution is -2.41. The summed E-state index contributed by atoms with van der Waals surface area (Å²) in [7, 11) is 0. The van der Waals surface area contributed by atoms with E-state index in [2.05, 4.69) is 31.2 Å². The van der Waals surface area contributed by atoms with E-state index < -0.39 is 0 Å². The third-order valence-corrected chi connectivity index (χ3v) is 2.81. The van der Waals surface area contributed by atoms with Crippen molar-refractivity contribution in [2.45, 2.75) is 46.2 Å². The molecule has 1 heterocycles. The number of hydrogen-bond donors (Lipinski definition) is 1. The van der Waals surface area contributed by atoms with Gasteiger partial charge in [0.15, 0.2) is 0 Å². The fourth-order valence-electron chi connectivity index (χ4n) is 1.34. The molecule has 0 saturated heterocycles. The lowest BCUT2D eigenvalue weighted by Gasteiger charge is -2.24. The highest BCUT2D eigenvalue weighted by Crippen LogP contribution is 2.05. The lowest BCUT2D eigenvalue weighted by atomic mass is 10.0. The monoisotopic (exact) mass is 223 g/mol. The summed E-state index contributed by atoms with van der Waals surface area (Å²) in [6, 6.07) is 3.30. The minimum atomic E-state index is -0.0401. The molecule has 0 saturated carbocycles. The summed E-state index contributed by atoms with van der Waals surface area (Å²) in [5, 5.41) is 7.59. The van der Waals surface area contributed by atoms with E-state index in [1.54, 1.807) is 12.1 Å². The molecule has 4 nitrogen and oxygen atoms in total. The molecule has 1 aromatic rings. The molecule has 0 bridgehead atoms. The molecule has 0 aliphatic carbocycles. The van der Waals surface area contributed by atoms with Crippen molar-refractivity contribution in [1.29, 1.82) is 0 Å². The van der Waals surface area contributed by atoms with Crippen molar-refractivity contribution in [1.82, 2.24) is 15.1 Å². The summed E-state index contributed by atoms with van der Waals surface area (Å²) < 4.78 is 1.51. The average Bonchev–Trinajstić information content (AvgIpc) is 2.23. The third-order valence-electron chi connectivity index (χ3n) is 2.81. The van der Waals surface area contributed by atoms with Crippen LogP contribution in [0, 0.1) is 6.92 Å². The van der Waals surface area contributed by atoms with Crippen molar-refractivity contribution >= 4 is 0 Å². The quantitative estimate of drug-likeness (QED) is 0.819. The second kappa shape index (κ2) is 5.25. The number of hydrogen-bond acceptors (Lipinski definition) is 3. The molecule has 0 amide bonds. The van der Waals surface area contributed by atoms with Gasteiger partial charge in [-0.2, -0.15) is 5.10 Å². The van der Waals surface area contributed by atoms with Crippen LogP contribution in [-0.4, -0.2) is 21.9 Å². The van der Waals surface area contributed by atoms with Gasteiger partial charge >= 0.3 is 0 Å². The zero-order valence-electron chi connectivity index (χ0n) is 10.6. The molecule has 1 N–H and O–H groups in total. The van der Waals surface area contributed by atoms with E-state index in [1.807, 2.05) is 6.92 Å². The number of nitrogens with zero attached hydrogens (tertiary/aromatic N) is 2. The largest absolute Gasteiger partial charge is 0.310 e.